The molecule has 0 aliphatic heterocycles. The Morgan fingerprint density at radius 1 is 1.14 bits per heavy atom. The Bertz CT molecular complexity index is 554. The molecule has 3 aromatic rings. The first-order valence-corrected chi connectivity index (χ1v) is 4.17. The van der Waals surface area contributed by atoms with Crippen molar-refractivity contribution in [3.63, 3.8) is 0 Å². The van der Waals surface area contributed by atoms with Gasteiger partial charge in [0, 0.05) is 16.3 Å². The Kier molecular flexibility index (Phi) is 1.41. The van der Waals surface area contributed by atoms with Crippen LogP contribution in [0.3, 0.4) is 0 Å². The van der Waals surface area contributed by atoms with Gasteiger partial charge in [0.25, 0.3) is 0 Å². The third-order valence-corrected chi connectivity index (χ3v) is 2.12. The van der Waals surface area contributed by atoms with E-state index in [1.807, 2.05) is 18.2 Å². The number of aromatic nitrogens is 2. The summed E-state index contributed by atoms with van der Waals surface area (Å²) in [6.45, 7) is 0. The van der Waals surface area contributed by atoms with Crippen LogP contribution < -0.4 is 0 Å². The molecule has 4 nitrogen and oxygen atoms in total. The molecule has 0 spiro atoms. The minimum atomic E-state index is 0.581. The maximum atomic E-state index is 5.12. The van der Waals surface area contributed by atoms with Crippen molar-refractivity contribution in [3.8, 4) is 11.4 Å². The molecule has 2 aromatic heterocycles. The van der Waals surface area contributed by atoms with E-state index in [4.69, 9.17) is 8.94 Å². The predicted octanol–water partition coefficient (Wildman–Crippen LogP) is 2.48. The Hall–Kier alpha value is -2.10. The summed E-state index contributed by atoms with van der Waals surface area (Å²) in [6.07, 6.45) is 4.69. The lowest BCUT2D eigenvalue weighted by Crippen LogP contribution is -1.80. The molecule has 1 aromatic carbocycles. The minimum absolute atomic E-state index is 0.581. The highest BCUT2D eigenvalue weighted by atomic mass is 16.5. The van der Waals surface area contributed by atoms with Crippen molar-refractivity contribution < 1.29 is 8.94 Å². The van der Waals surface area contributed by atoms with Gasteiger partial charge in [-0.1, -0.05) is 23.4 Å². The number of rotatable bonds is 1. The highest BCUT2D eigenvalue weighted by molar-refractivity contribution is 5.93. The van der Waals surface area contributed by atoms with Gasteiger partial charge in [-0.3, -0.25) is 0 Å². The van der Waals surface area contributed by atoms with Gasteiger partial charge in [-0.25, -0.2) is 0 Å². The summed E-state index contributed by atoms with van der Waals surface area (Å²) >= 11 is 0. The van der Waals surface area contributed by atoms with E-state index in [1.165, 1.54) is 6.39 Å². The zero-order valence-corrected chi connectivity index (χ0v) is 7.18. The Morgan fingerprint density at radius 3 is 3.00 bits per heavy atom. The van der Waals surface area contributed by atoms with E-state index in [-0.39, 0.29) is 0 Å². The van der Waals surface area contributed by atoms with Crippen LogP contribution in [0.2, 0.25) is 0 Å². The second-order valence-electron chi connectivity index (χ2n) is 2.94. The van der Waals surface area contributed by atoms with Crippen molar-refractivity contribution in [1.29, 1.82) is 0 Å². The smallest absolute Gasteiger partial charge is 0.214 e. The predicted molar refractivity (Wildman–Crippen MR) is 49.5 cm³/mol. The quantitative estimate of drug-likeness (QED) is 0.585. The molecule has 0 aliphatic carbocycles. The van der Waals surface area contributed by atoms with Crippen LogP contribution in [-0.4, -0.2) is 10.1 Å². The minimum Gasteiger partial charge on any atom is -0.471 e. The molecule has 0 atom stereocenters. The zero-order valence-electron chi connectivity index (χ0n) is 7.18. The first-order chi connectivity index (χ1) is 6.95. The standard InChI is InChI=1S/C10H6N2O2/c1-2-7-4-13-5-9(7)8(3-1)10-11-6-14-12-10/h1-6H. The van der Waals surface area contributed by atoms with Crippen LogP contribution in [0, 0.1) is 0 Å². The van der Waals surface area contributed by atoms with Crippen molar-refractivity contribution in [3.05, 3.63) is 37.1 Å². The second kappa shape index (κ2) is 2.70. The van der Waals surface area contributed by atoms with Crippen molar-refractivity contribution >= 4 is 10.8 Å². The van der Waals surface area contributed by atoms with Gasteiger partial charge in [-0.05, 0) is 0 Å². The Morgan fingerprint density at radius 2 is 2.14 bits per heavy atom. The SMILES string of the molecule is c1cc(-c2ncon2)c2cocc2c1. The normalized spacial score (nSPS) is 10.9. The summed E-state index contributed by atoms with van der Waals surface area (Å²) < 4.78 is 9.82. The molecule has 14 heavy (non-hydrogen) atoms. The molecular weight excluding hydrogens is 180 g/mol. The first-order valence-electron chi connectivity index (χ1n) is 4.17. The van der Waals surface area contributed by atoms with Gasteiger partial charge < -0.3 is 8.94 Å². The summed E-state index contributed by atoms with van der Waals surface area (Å²) in [5.74, 6) is 0.581. The van der Waals surface area contributed by atoms with Crippen molar-refractivity contribution in [2.75, 3.05) is 0 Å². The summed E-state index contributed by atoms with van der Waals surface area (Å²) in [5.41, 5.74) is 0.921. The van der Waals surface area contributed by atoms with Crippen LogP contribution in [-0.2, 0) is 0 Å². The van der Waals surface area contributed by atoms with Gasteiger partial charge in [0.05, 0.1) is 12.5 Å². The van der Waals surface area contributed by atoms with E-state index in [0.717, 1.165) is 16.3 Å². The lowest BCUT2D eigenvalue weighted by atomic mass is 10.1. The molecule has 3 rings (SSSR count). The molecule has 0 saturated carbocycles. The monoisotopic (exact) mass is 186 g/mol. The van der Waals surface area contributed by atoms with E-state index < -0.39 is 0 Å². The molecule has 0 fully saturated rings. The lowest BCUT2D eigenvalue weighted by Gasteiger charge is -1.94. The van der Waals surface area contributed by atoms with E-state index in [1.54, 1.807) is 12.5 Å². The van der Waals surface area contributed by atoms with Crippen LogP contribution in [0.15, 0.2) is 46.1 Å². The summed E-state index contributed by atoms with van der Waals surface area (Å²) in [4.78, 5) is 4.00. The number of furan rings is 1. The van der Waals surface area contributed by atoms with E-state index in [2.05, 4.69) is 10.1 Å². The summed E-state index contributed by atoms with van der Waals surface area (Å²) in [6, 6.07) is 5.84. The maximum Gasteiger partial charge on any atom is 0.214 e. The van der Waals surface area contributed by atoms with Crippen molar-refractivity contribution in [2.45, 2.75) is 0 Å². The van der Waals surface area contributed by atoms with Crippen molar-refractivity contribution in [2.24, 2.45) is 0 Å². The Balaban J connectivity index is 2.36. The van der Waals surface area contributed by atoms with Crippen LogP contribution >= 0.6 is 0 Å². The van der Waals surface area contributed by atoms with Crippen LogP contribution in [0.25, 0.3) is 22.2 Å². The highest BCUT2D eigenvalue weighted by Gasteiger charge is 2.08. The second-order valence-corrected chi connectivity index (χ2v) is 2.94. The van der Waals surface area contributed by atoms with Gasteiger partial charge in [0.1, 0.15) is 0 Å². The number of fused-ring (bicyclic) bond motifs is 1. The van der Waals surface area contributed by atoms with E-state index >= 15 is 0 Å². The number of hydrogen-bond donors (Lipinski definition) is 0. The fourth-order valence-corrected chi connectivity index (χ4v) is 1.48. The maximum absolute atomic E-state index is 5.12. The van der Waals surface area contributed by atoms with Gasteiger partial charge >= 0.3 is 0 Å². The summed E-state index contributed by atoms with van der Waals surface area (Å²) in [7, 11) is 0. The van der Waals surface area contributed by atoms with Crippen LogP contribution in [0.1, 0.15) is 0 Å². The third-order valence-electron chi connectivity index (χ3n) is 2.12. The average molecular weight is 186 g/mol. The van der Waals surface area contributed by atoms with Gasteiger partial charge in [-0.2, -0.15) is 4.98 Å². The molecular formula is C10H6N2O2. The highest BCUT2D eigenvalue weighted by Crippen LogP contribution is 2.26. The lowest BCUT2D eigenvalue weighted by molar-refractivity contribution is 0.419. The number of benzene rings is 1. The van der Waals surface area contributed by atoms with Gasteiger partial charge in [0.15, 0.2) is 0 Å². The molecule has 0 unspecified atom stereocenters. The molecule has 0 saturated heterocycles. The van der Waals surface area contributed by atoms with E-state index in [9.17, 15) is 0 Å². The third kappa shape index (κ3) is 0.939. The Labute approximate surface area is 79.1 Å². The average Bonchev–Trinajstić information content (AvgIpc) is 2.88. The fourth-order valence-electron chi connectivity index (χ4n) is 1.48. The fraction of sp³-hybridized carbons (Fsp3) is 0. The van der Waals surface area contributed by atoms with Crippen LogP contribution in [0.5, 0.6) is 0 Å². The number of nitrogens with zero attached hydrogens (tertiary/aromatic N) is 2. The molecule has 0 bridgehead atoms. The van der Waals surface area contributed by atoms with Gasteiger partial charge in [0.2, 0.25) is 12.2 Å². The van der Waals surface area contributed by atoms with Crippen molar-refractivity contribution in [1.82, 2.24) is 10.1 Å². The first kappa shape index (κ1) is 7.32. The summed E-state index contributed by atoms with van der Waals surface area (Å²) in [5, 5.41) is 5.82. The molecule has 4 heteroatoms. The number of hydrogen-bond acceptors (Lipinski definition) is 4. The largest absolute Gasteiger partial charge is 0.471 e. The van der Waals surface area contributed by atoms with Gasteiger partial charge in [-0.15, -0.1) is 0 Å². The molecule has 0 radical (unpaired) electrons. The molecule has 0 amide bonds. The molecule has 68 valence electrons. The van der Waals surface area contributed by atoms with E-state index in [0.29, 0.717) is 5.82 Å². The molecule has 0 aliphatic rings. The molecule has 2 heterocycles. The molecule has 0 N–H and O–H groups in total. The zero-order chi connectivity index (χ0) is 9.38. The topological polar surface area (TPSA) is 52.1 Å². The van der Waals surface area contributed by atoms with Crippen LogP contribution in [0.4, 0.5) is 0 Å².